The minimum atomic E-state index is -0.142. The Kier molecular flexibility index (Phi) is 4.78. The Labute approximate surface area is 168 Å². The lowest BCUT2D eigenvalue weighted by Gasteiger charge is -2.17. The second-order valence-corrected chi connectivity index (χ2v) is 8.69. The standard InChI is InChI=1S/C22H22N4OS/c1-13-4-9-17-18(10-13)28-22-19(17)21(27)24-20(25-22)15(12-23)11-14-5-7-16(8-6-14)26(2)3/h5-8,11,13H,4,9-10H2,1-3H3,(H,24,25,27)/b15-11+/t13-/m0/s1. The number of rotatable bonds is 3. The maximum Gasteiger partial charge on any atom is 0.260 e. The number of nitrogens with one attached hydrogen (secondary N) is 1. The van der Waals surface area contributed by atoms with E-state index in [4.69, 9.17) is 0 Å². The molecule has 1 aromatic carbocycles. The Morgan fingerprint density at radius 3 is 2.79 bits per heavy atom. The molecule has 0 amide bonds. The first-order valence-electron chi connectivity index (χ1n) is 9.40. The molecule has 6 heteroatoms. The second-order valence-electron chi connectivity index (χ2n) is 7.60. The van der Waals surface area contributed by atoms with E-state index in [2.05, 4.69) is 23.0 Å². The van der Waals surface area contributed by atoms with Crippen LogP contribution in [0.4, 0.5) is 5.69 Å². The van der Waals surface area contributed by atoms with Crippen LogP contribution in [0.1, 0.15) is 35.2 Å². The highest BCUT2D eigenvalue weighted by molar-refractivity contribution is 7.18. The van der Waals surface area contributed by atoms with E-state index in [1.54, 1.807) is 17.4 Å². The Hall–Kier alpha value is -2.91. The third kappa shape index (κ3) is 3.34. The molecule has 3 aromatic rings. The number of hydrogen-bond acceptors (Lipinski definition) is 5. The van der Waals surface area contributed by atoms with Crippen LogP contribution in [-0.4, -0.2) is 24.1 Å². The van der Waals surface area contributed by atoms with Crippen molar-refractivity contribution in [3.05, 3.63) is 56.4 Å². The van der Waals surface area contributed by atoms with E-state index in [1.165, 1.54) is 4.88 Å². The summed E-state index contributed by atoms with van der Waals surface area (Å²) in [6.07, 6.45) is 4.80. The van der Waals surface area contributed by atoms with Crippen molar-refractivity contribution < 1.29 is 0 Å². The van der Waals surface area contributed by atoms with E-state index >= 15 is 0 Å². The number of nitriles is 1. The van der Waals surface area contributed by atoms with Crippen molar-refractivity contribution in [2.75, 3.05) is 19.0 Å². The summed E-state index contributed by atoms with van der Waals surface area (Å²) >= 11 is 1.60. The summed E-state index contributed by atoms with van der Waals surface area (Å²) in [5, 5.41) is 10.4. The molecular formula is C22H22N4OS. The molecule has 142 valence electrons. The number of allylic oxidation sites excluding steroid dienone is 1. The summed E-state index contributed by atoms with van der Waals surface area (Å²) in [5.74, 6) is 0.974. The lowest BCUT2D eigenvalue weighted by molar-refractivity contribution is 0.509. The summed E-state index contributed by atoms with van der Waals surface area (Å²) in [6.45, 7) is 2.24. The van der Waals surface area contributed by atoms with Crippen LogP contribution in [0.2, 0.25) is 0 Å². The number of thiophene rings is 1. The molecule has 0 saturated heterocycles. The van der Waals surface area contributed by atoms with Crippen LogP contribution in [0.3, 0.4) is 0 Å². The number of benzene rings is 1. The van der Waals surface area contributed by atoms with Gasteiger partial charge in [0.15, 0.2) is 5.82 Å². The number of H-pyrrole nitrogens is 1. The smallest absolute Gasteiger partial charge is 0.260 e. The van der Waals surface area contributed by atoms with E-state index in [-0.39, 0.29) is 5.56 Å². The zero-order valence-corrected chi connectivity index (χ0v) is 17.1. The number of aromatic nitrogens is 2. The zero-order valence-electron chi connectivity index (χ0n) is 16.2. The van der Waals surface area contributed by atoms with Gasteiger partial charge < -0.3 is 9.88 Å². The highest BCUT2D eigenvalue weighted by Crippen LogP contribution is 2.36. The number of nitrogens with zero attached hydrogens (tertiary/aromatic N) is 3. The average Bonchev–Trinajstić information content (AvgIpc) is 3.04. The normalized spacial score (nSPS) is 16.6. The highest BCUT2D eigenvalue weighted by atomic mass is 32.1. The molecule has 0 fully saturated rings. The molecule has 28 heavy (non-hydrogen) atoms. The first-order chi connectivity index (χ1) is 13.5. The van der Waals surface area contributed by atoms with E-state index in [0.29, 0.717) is 22.7 Å². The largest absolute Gasteiger partial charge is 0.378 e. The number of fused-ring (bicyclic) bond motifs is 3. The third-order valence-corrected chi connectivity index (χ3v) is 6.41. The fourth-order valence-electron chi connectivity index (χ4n) is 3.67. The minimum absolute atomic E-state index is 0.142. The fraction of sp³-hybridized carbons (Fsp3) is 0.318. The van der Waals surface area contributed by atoms with Crippen LogP contribution in [0.15, 0.2) is 29.1 Å². The molecule has 1 atom stereocenters. The second kappa shape index (κ2) is 7.25. The molecule has 1 aliphatic rings. The monoisotopic (exact) mass is 390 g/mol. The van der Waals surface area contributed by atoms with Gasteiger partial charge in [-0.2, -0.15) is 5.26 Å². The Balaban J connectivity index is 1.77. The molecule has 4 rings (SSSR count). The molecule has 2 heterocycles. The number of hydrogen-bond donors (Lipinski definition) is 1. The van der Waals surface area contributed by atoms with Crippen molar-refractivity contribution in [2.45, 2.75) is 26.2 Å². The van der Waals surface area contributed by atoms with Crippen LogP contribution >= 0.6 is 11.3 Å². The zero-order chi connectivity index (χ0) is 19.8. The van der Waals surface area contributed by atoms with E-state index < -0.39 is 0 Å². The predicted molar refractivity (Wildman–Crippen MR) is 116 cm³/mol. The molecule has 0 unspecified atom stereocenters. The first-order valence-corrected chi connectivity index (χ1v) is 10.2. The fourth-order valence-corrected chi connectivity index (χ4v) is 5.05. The van der Waals surface area contributed by atoms with Gasteiger partial charge in [0.2, 0.25) is 0 Å². The van der Waals surface area contributed by atoms with Gasteiger partial charge in [0.1, 0.15) is 10.9 Å². The van der Waals surface area contributed by atoms with Crippen molar-refractivity contribution in [3.8, 4) is 6.07 Å². The summed E-state index contributed by atoms with van der Waals surface area (Å²) in [6, 6.07) is 10.1. The van der Waals surface area contributed by atoms with Crippen molar-refractivity contribution in [1.29, 1.82) is 5.26 Å². The average molecular weight is 391 g/mol. The van der Waals surface area contributed by atoms with Crippen LogP contribution < -0.4 is 10.5 Å². The highest BCUT2D eigenvalue weighted by Gasteiger charge is 2.23. The van der Waals surface area contributed by atoms with Gasteiger partial charge in [0.05, 0.1) is 11.0 Å². The summed E-state index contributed by atoms with van der Waals surface area (Å²) in [5.41, 5.74) is 3.35. The topological polar surface area (TPSA) is 72.8 Å². The van der Waals surface area contributed by atoms with E-state index in [0.717, 1.165) is 40.9 Å². The SMILES string of the molecule is C[C@H]1CCc2c(sc3nc(/C(C#N)=C/c4ccc(N(C)C)cc4)[nH]c(=O)c23)C1. The molecule has 0 spiro atoms. The summed E-state index contributed by atoms with van der Waals surface area (Å²) in [7, 11) is 3.97. The molecule has 0 bridgehead atoms. The van der Waals surface area contributed by atoms with Crippen molar-refractivity contribution >= 4 is 38.9 Å². The van der Waals surface area contributed by atoms with Crippen LogP contribution in [0, 0.1) is 17.2 Å². The maximum atomic E-state index is 12.8. The van der Waals surface area contributed by atoms with Crippen molar-refractivity contribution in [3.63, 3.8) is 0 Å². The maximum absolute atomic E-state index is 12.8. The molecule has 1 N–H and O–H groups in total. The van der Waals surface area contributed by atoms with Crippen molar-refractivity contribution in [2.24, 2.45) is 5.92 Å². The predicted octanol–water partition coefficient (Wildman–Crippen LogP) is 4.24. The van der Waals surface area contributed by atoms with Crippen molar-refractivity contribution in [1.82, 2.24) is 9.97 Å². The Morgan fingerprint density at radius 2 is 2.11 bits per heavy atom. The number of aromatic amines is 1. The van der Waals surface area contributed by atoms with Gasteiger partial charge in [-0.1, -0.05) is 19.1 Å². The van der Waals surface area contributed by atoms with E-state index in [9.17, 15) is 10.1 Å². The van der Waals surface area contributed by atoms with Crippen LogP contribution in [0.25, 0.3) is 21.9 Å². The van der Waals surface area contributed by atoms with Crippen LogP contribution in [0.5, 0.6) is 0 Å². The van der Waals surface area contributed by atoms with Gasteiger partial charge in [0.25, 0.3) is 5.56 Å². The quantitative estimate of drug-likeness (QED) is 0.679. The molecule has 0 aliphatic heterocycles. The van der Waals surface area contributed by atoms with Gasteiger partial charge in [-0.15, -0.1) is 11.3 Å². The van der Waals surface area contributed by atoms with Gasteiger partial charge >= 0.3 is 0 Å². The molecule has 0 saturated carbocycles. The number of aryl methyl sites for hydroxylation is 1. The molecule has 0 radical (unpaired) electrons. The van der Waals surface area contributed by atoms with Crippen LogP contribution in [-0.2, 0) is 12.8 Å². The summed E-state index contributed by atoms with van der Waals surface area (Å²) in [4.78, 5) is 24.3. The Bertz CT molecular complexity index is 1160. The number of anilines is 1. The summed E-state index contributed by atoms with van der Waals surface area (Å²) < 4.78 is 0. The van der Waals surface area contributed by atoms with Gasteiger partial charge in [-0.3, -0.25) is 4.79 Å². The molecule has 5 nitrogen and oxygen atoms in total. The molecular weight excluding hydrogens is 368 g/mol. The minimum Gasteiger partial charge on any atom is -0.378 e. The Morgan fingerprint density at radius 1 is 1.36 bits per heavy atom. The van der Waals surface area contributed by atoms with Gasteiger partial charge in [-0.25, -0.2) is 4.98 Å². The first kappa shape index (κ1) is 18.5. The lowest BCUT2D eigenvalue weighted by Crippen LogP contribution is -2.14. The van der Waals surface area contributed by atoms with Gasteiger partial charge in [-0.05, 0) is 54.5 Å². The molecule has 1 aliphatic carbocycles. The third-order valence-electron chi connectivity index (χ3n) is 5.26. The van der Waals surface area contributed by atoms with Gasteiger partial charge in [0, 0.05) is 24.7 Å². The molecule has 2 aromatic heterocycles. The lowest BCUT2D eigenvalue weighted by atomic mass is 9.89. The van der Waals surface area contributed by atoms with E-state index in [1.807, 2.05) is 43.3 Å².